The van der Waals surface area contributed by atoms with Gasteiger partial charge >= 0.3 is 5.97 Å². The Balaban J connectivity index is 2.08. The number of para-hydroxylation sites is 1. The van der Waals surface area contributed by atoms with Crippen molar-refractivity contribution in [2.75, 3.05) is 25.0 Å². The van der Waals surface area contributed by atoms with Gasteiger partial charge in [-0.3, -0.25) is 9.59 Å². The minimum atomic E-state index is -0.577. The van der Waals surface area contributed by atoms with Crippen LogP contribution in [0.2, 0.25) is 0 Å². The second kappa shape index (κ2) is 9.61. The van der Waals surface area contributed by atoms with E-state index in [1.807, 2.05) is 4.90 Å². The number of carbonyl (C=O) groups excluding carboxylic acids is 3. The first-order valence-corrected chi connectivity index (χ1v) is 8.66. The van der Waals surface area contributed by atoms with Gasteiger partial charge in [-0.05, 0) is 31.9 Å². The maximum Gasteiger partial charge on any atom is 0.330 e. The summed E-state index contributed by atoms with van der Waals surface area (Å²) in [5.74, 6) is -1.14. The summed E-state index contributed by atoms with van der Waals surface area (Å²) < 4.78 is 4.73. The Kier molecular flexibility index (Phi) is 7.19. The third-order valence-corrected chi connectivity index (χ3v) is 3.97. The van der Waals surface area contributed by atoms with E-state index in [-0.39, 0.29) is 12.5 Å². The van der Waals surface area contributed by atoms with Crippen molar-refractivity contribution in [1.82, 2.24) is 4.90 Å². The summed E-state index contributed by atoms with van der Waals surface area (Å²) in [6, 6.07) is 6.91. The van der Waals surface area contributed by atoms with Gasteiger partial charge in [0.15, 0.2) is 0 Å². The normalized spacial score (nSPS) is 14.8. The van der Waals surface area contributed by atoms with Crippen LogP contribution in [-0.2, 0) is 14.3 Å². The number of rotatable bonds is 5. The Labute approximate surface area is 147 Å². The summed E-state index contributed by atoms with van der Waals surface area (Å²) >= 11 is 0. The average Bonchev–Trinajstić information content (AvgIpc) is 2.89. The van der Waals surface area contributed by atoms with Gasteiger partial charge in [0.25, 0.3) is 5.91 Å². The monoisotopic (exact) mass is 344 g/mol. The molecule has 1 N–H and O–H groups in total. The first kappa shape index (κ1) is 18.7. The second-order valence-electron chi connectivity index (χ2n) is 5.83. The standard InChI is InChI=1S/C19H24N2O4/c1-2-25-18(23)12-11-17(22)20-16-10-6-5-9-15(16)19(24)21-13-7-3-4-8-14-21/h5-6,9-12H,2-4,7-8,13-14H2,1H3,(H,20,22)/b12-11+. The number of benzene rings is 1. The number of ether oxygens (including phenoxy) is 1. The lowest BCUT2D eigenvalue weighted by Crippen LogP contribution is -2.32. The van der Waals surface area contributed by atoms with Crippen molar-refractivity contribution < 1.29 is 19.1 Å². The van der Waals surface area contributed by atoms with Crippen LogP contribution in [0, 0.1) is 0 Å². The molecule has 0 saturated carbocycles. The molecule has 6 heteroatoms. The number of nitrogens with one attached hydrogen (secondary N) is 1. The average molecular weight is 344 g/mol. The van der Waals surface area contributed by atoms with Crippen molar-refractivity contribution in [2.24, 2.45) is 0 Å². The molecule has 1 aromatic rings. The van der Waals surface area contributed by atoms with Crippen LogP contribution in [0.15, 0.2) is 36.4 Å². The van der Waals surface area contributed by atoms with E-state index in [1.54, 1.807) is 31.2 Å². The molecule has 1 aliphatic rings. The highest BCUT2D eigenvalue weighted by molar-refractivity contribution is 6.07. The second-order valence-corrected chi connectivity index (χ2v) is 5.83. The molecule has 0 radical (unpaired) electrons. The van der Waals surface area contributed by atoms with E-state index in [0.717, 1.165) is 50.9 Å². The largest absolute Gasteiger partial charge is 0.463 e. The SMILES string of the molecule is CCOC(=O)/C=C/C(=O)Nc1ccccc1C(=O)N1CCCCCC1. The van der Waals surface area contributed by atoms with Gasteiger partial charge in [-0.2, -0.15) is 0 Å². The molecule has 0 unspecified atom stereocenters. The molecule has 0 bridgehead atoms. The van der Waals surface area contributed by atoms with Gasteiger partial charge in [0.1, 0.15) is 0 Å². The van der Waals surface area contributed by atoms with Crippen LogP contribution < -0.4 is 5.32 Å². The molecule has 0 atom stereocenters. The Bertz CT molecular complexity index is 647. The molecule has 1 heterocycles. The van der Waals surface area contributed by atoms with Crippen molar-refractivity contribution in [3.8, 4) is 0 Å². The third kappa shape index (κ3) is 5.74. The first-order chi connectivity index (χ1) is 12.1. The topological polar surface area (TPSA) is 75.7 Å². The summed E-state index contributed by atoms with van der Waals surface area (Å²) in [7, 11) is 0. The van der Waals surface area contributed by atoms with E-state index < -0.39 is 11.9 Å². The number of hydrogen-bond donors (Lipinski definition) is 1. The molecule has 1 aromatic carbocycles. The van der Waals surface area contributed by atoms with E-state index in [1.165, 1.54) is 0 Å². The number of nitrogens with zero attached hydrogens (tertiary/aromatic N) is 1. The molecule has 1 fully saturated rings. The van der Waals surface area contributed by atoms with Crippen LogP contribution in [0.3, 0.4) is 0 Å². The zero-order chi connectivity index (χ0) is 18.1. The molecule has 134 valence electrons. The number of hydrogen-bond acceptors (Lipinski definition) is 4. The highest BCUT2D eigenvalue weighted by atomic mass is 16.5. The lowest BCUT2D eigenvalue weighted by molar-refractivity contribution is -0.137. The van der Waals surface area contributed by atoms with Crippen molar-refractivity contribution in [3.63, 3.8) is 0 Å². The zero-order valence-electron chi connectivity index (χ0n) is 14.5. The molecule has 0 aliphatic carbocycles. The van der Waals surface area contributed by atoms with Crippen LogP contribution in [0.25, 0.3) is 0 Å². The fourth-order valence-corrected chi connectivity index (χ4v) is 2.73. The number of anilines is 1. The lowest BCUT2D eigenvalue weighted by atomic mass is 10.1. The molecule has 0 spiro atoms. The summed E-state index contributed by atoms with van der Waals surface area (Å²) in [4.78, 5) is 37.9. The maximum atomic E-state index is 12.8. The van der Waals surface area contributed by atoms with Gasteiger partial charge < -0.3 is 15.0 Å². The van der Waals surface area contributed by atoms with Gasteiger partial charge in [-0.15, -0.1) is 0 Å². The highest BCUT2D eigenvalue weighted by Gasteiger charge is 2.20. The fourth-order valence-electron chi connectivity index (χ4n) is 2.73. The molecular weight excluding hydrogens is 320 g/mol. The Morgan fingerprint density at radius 1 is 1.08 bits per heavy atom. The van der Waals surface area contributed by atoms with Gasteiger partial charge in [0, 0.05) is 25.2 Å². The summed E-state index contributed by atoms with van der Waals surface area (Å²) in [5, 5.41) is 2.66. The van der Waals surface area contributed by atoms with Crippen molar-refractivity contribution >= 4 is 23.5 Å². The Morgan fingerprint density at radius 2 is 1.76 bits per heavy atom. The number of carbonyl (C=O) groups is 3. The van der Waals surface area contributed by atoms with E-state index in [0.29, 0.717) is 11.3 Å². The summed E-state index contributed by atoms with van der Waals surface area (Å²) in [6.07, 6.45) is 6.45. The predicted octanol–water partition coefficient (Wildman–Crippen LogP) is 2.76. The van der Waals surface area contributed by atoms with E-state index in [9.17, 15) is 14.4 Å². The van der Waals surface area contributed by atoms with Crippen LogP contribution in [0.4, 0.5) is 5.69 Å². The van der Waals surface area contributed by atoms with Crippen molar-refractivity contribution in [1.29, 1.82) is 0 Å². The fraction of sp³-hybridized carbons (Fsp3) is 0.421. The van der Waals surface area contributed by atoms with Gasteiger partial charge in [0.05, 0.1) is 17.9 Å². The van der Waals surface area contributed by atoms with Gasteiger partial charge in [-0.1, -0.05) is 25.0 Å². The first-order valence-electron chi connectivity index (χ1n) is 8.66. The molecule has 25 heavy (non-hydrogen) atoms. The van der Waals surface area contributed by atoms with E-state index >= 15 is 0 Å². The summed E-state index contributed by atoms with van der Waals surface area (Å²) in [5.41, 5.74) is 0.901. The number of esters is 1. The lowest BCUT2D eigenvalue weighted by Gasteiger charge is -2.21. The quantitative estimate of drug-likeness (QED) is 0.658. The smallest absolute Gasteiger partial charge is 0.330 e. The minimum absolute atomic E-state index is 0.0767. The van der Waals surface area contributed by atoms with Crippen molar-refractivity contribution in [2.45, 2.75) is 32.6 Å². The van der Waals surface area contributed by atoms with E-state index in [2.05, 4.69) is 5.32 Å². The number of likely N-dealkylation sites (tertiary alicyclic amines) is 1. The zero-order valence-corrected chi connectivity index (χ0v) is 14.5. The van der Waals surface area contributed by atoms with Crippen LogP contribution in [0.5, 0.6) is 0 Å². The van der Waals surface area contributed by atoms with Gasteiger partial charge in [-0.25, -0.2) is 4.79 Å². The van der Waals surface area contributed by atoms with E-state index in [4.69, 9.17) is 4.74 Å². The van der Waals surface area contributed by atoms with Crippen LogP contribution in [-0.4, -0.2) is 42.4 Å². The third-order valence-electron chi connectivity index (χ3n) is 3.97. The molecule has 1 aliphatic heterocycles. The van der Waals surface area contributed by atoms with Crippen LogP contribution >= 0.6 is 0 Å². The van der Waals surface area contributed by atoms with Crippen molar-refractivity contribution in [3.05, 3.63) is 42.0 Å². The molecule has 2 rings (SSSR count). The molecular formula is C19H24N2O4. The summed E-state index contributed by atoms with van der Waals surface area (Å²) in [6.45, 7) is 3.42. The predicted molar refractivity (Wildman–Crippen MR) is 95.2 cm³/mol. The Morgan fingerprint density at radius 3 is 2.44 bits per heavy atom. The number of amides is 2. The molecule has 2 amide bonds. The molecule has 1 saturated heterocycles. The Hall–Kier alpha value is -2.63. The highest BCUT2D eigenvalue weighted by Crippen LogP contribution is 2.20. The minimum Gasteiger partial charge on any atom is -0.463 e. The van der Waals surface area contributed by atoms with Crippen LogP contribution in [0.1, 0.15) is 43.0 Å². The molecule has 6 nitrogen and oxygen atoms in total. The maximum absolute atomic E-state index is 12.8. The molecule has 0 aromatic heterocycles. The van der Waals surface area contributed by atoms with Gasteiger partial charge in [0.2, 0.25) is 5.91 Å².